The number of rotatable bonds is 5. The van der Waals surface area contributed by atoms with Crippen molar-refractivity contribution in [3.8, 4) is 0 Å². The number of carbonyl (C=O) groups excluding carboxylic acids is 1. The monoisotopic (exact) mass is 269 g/mol. The third-order valence-electron chi connectivity index (χ3n) is 3.06. The van der Waals surface area contributed by atoms with Crippen LogP contribution in [0.2, 0.25) is 0 Å². The maximum absolute atomic E-state index is 12.5. The maximum Gasteiger partial charge on any atom is 0.254 e. The summed E-state index contributed by atoms with van der Waals surface area (Å²) in [6.45, 7) is 3.39. The Hall–Kier alpha value is -2.36. The van der Waals surface area contributed by atoms with Crippen LogP contribution in [0, 0.1) is 0 Å². The summed E-state index contributed by atoms with van der Waals surface area (Å²) in [4.78, 5) is 18.3. The van der Waals surface area contributed by atoms with Gasteiger partial charge in [0.2, 0.25) is 0 Å². The minimum Gasteiger partial charge on any atom is -0.399 e. The lowest BCUT2D eigenvalue weighted by Crippen LogP contribution is -2.31. The van der Waals surface area contributed by atoms with Gasteiger partial charge in [-0.1, -0.05) is 19.1 Å². The highest BCUT2D eigenvalue weighted by molar-refractivity contribution is 5.94. The molecule has 0 unspecified atom stereocenters. The van der Waals surface area contributed by atoms with Crippen LogP contribution >= 0.6 is 0 Å². The van der Waals surface area contributed by atoms with E-state index in [0.717, 1.165) is 24.2 Å². The number of amides is 1. The smallest absolute Gasteiger partial charge is 0.254 e. The normalized spacial score (nSPS) is 10.2. The Labute approximate surface area is 119 Å². The summed E-state index contributed by atoms with van der Waals surface area (Å²) >= 11 is 0. The van der Waals surface area contributed by atoms with Crippen LogP contribution in [0.25, 0.3) is 0 Å². The lowest BCUT2D eigenvalue weighted by molar-refractivity contribution is 0.0743. The van der Waals surface area contributed by atoms with Gasteiger partial charge < -0.3 is 10.6 Å². The number of nitrogen functional groups attached to an aromatic ring is 1. The summed E-state index contributed by atoms with van der Waals surface area (Å²) in [6, 6.07) is 11.1. The molecule has 1 amide bonds. The van der Waals surface area contributed by atoms with E-state index in [9.17, 15) is 4.79 Å². The average molecular weight is 269 g/mol. The predicted molar refractivity (Wildman–Crippen MR) is 80.1 cm³/mol. The van der Waals surface area contributed by atoms with Crippen LogP contribution in [0.4, 0.5) is 5.69 Å². The van der Waals surface area contributed by atoms with Crippen LogP contribution in [0.3, 0.4) is 0 Å². The van der Waals surface area contributed by atoms with Crippen LogP contribution in [0.1, 0.15) is 29.3 Å². The molecule has 4 nitrogen and oxygen atoms in total. The summed E-state index contributed by atoms with van der Waals surface area (Å²) in [5, 5.41) is 0. The number of carbonyl (C=O) groups is 1. The van der Waals surface area contributed by atoms with Crippen LogP contribution in [-0.4, -0.2) is 22.3 Å². The Morgan fingerprint density at radius 1 is 1.15 bits per heavy atom. The number of nitrogens with two attached hydrogens (primary N) is 1. The zero-order valence-electron chi connectivity index (χ0n) is 11.6. The molecule has 104 valence electrons. The topological polar surface area (TPSA) is 59.2 Å². The minimum atomic E-state index is 0.0334. The van der Waals surface area contributed by atoms with Crippen molar-refractivity contribution in [1.29, 1.82) is 0 Å². The van der Waals surface area contributed by atoms with Gasteiger partial charge in [0.15, 0.2) is 0 Å². The Morgan fingerprint density at radius 3 is 2.40 bits per heavy atom. The fraction of sp³-hybridized carbons (Fsp3) is 0.250. The zero-order chi connectivity index (χ0) is 14.4. The van der Waals surface area contributed by atoms with E-state index in [1.54, 1.807) is 24.5 Å². The molecule has 2 rings (SSSR count). The number of hydrogen-bond acceptors (Lipinski definition) is 3. The van der Waals surface area contributed by atoms with Crippen molar-refractivity contribution in [2.75, 3.05) is 12.3 Å². The van der Waals surface area contributed by atoms with Crippen molar-refractivity contribution in [2.24, 2.45) is 0 Å². The third-order valence-corrected chi connectivity index (χ3v) is 3.06. The molecule has 2 aromatic rings. The average Bonchev–Trinajstić information content (AvgIpc) is 2.49. The molecule has 4 heteroatoms. The van der Waals surface area contributed by atoms with E-state index >= 15 is 0 Å². The highest BCUT2D eigenvalue weighted by atomic mass is 16.2. The lowest BCUT2D eigenvalue weighted by Gasteiger charge is -2.22. The predicted octanol–water partition coefficient (Wildman–Crippen LogP) is 2.72. The molecule has 0 saturated heterocycles. The fourth-order valence-corrected chi connectivity index (χ4v) is 2.04. The first kappa shape index (κ1) is 14.1. The number of benzene rings is 1. The van der Waals surface area contributed by atoms with Gasteiger partial charge in [0.1, 0.15) is 0 Å². The van der Waals surface area contributed by atoms with Crippen molar-refractivity contribution in [3.05, 3.63) is 59.9 Å². The van der Waals surface area contributed by atoms with E-state index in [4.69, 9.17) is 5.73 Å². The number of pyridine rings is 1. The highest BCUT2D eigenvalue weighted by Crippen LogP contribution is 2.12. The first-order valence-corrected chi connectivity index (χ1v) is 6.74. The third kappa shape index (κ3) is 3.57. The summed E-state index contributed by atoms with van der Waals surface area (Å²) in [6.07, 6.45) is 4.20. The molecule has 1 aromatic carbocycles. The molecular formula is C16H19N3O. The van der Waals surface area contributed by atoms with E-state index in [2.05, 4.69) is 11.9 Å². The molecule has 0 aliphatic heterocycles. The van der Waals surface area contributed by atoms with Crippen LogP contribution in [0.15, 0.2) is 48.8 Å². The second-order valence-corrected chi connectivity index (χ2v) is 4.70. The van der Waals surface area contributed by atoms with Crippen molar-refractivity contribution >= 4 is 11.6 Å². The number of hydrogen-bond donors (Lipinski definition) is 1. The van der Waals surface area contributed by atoms with E-state index in [-0.39, 0.29) is 5.91 Å². The number of nitrogens with zero attached hydrogens (tertiary/aromatic N) is 2. The van der Waals surface area contributed by atoms with E-state index < -0.39 is 0 Å². The maximum atomic E-state index is 12.5. The molecule has 0 saturated carbocycles. The van der Waals surface area contributed by atoms with Gasteiger partial charge in [0.05, 0.1) is 0 Å². The molecule has 0 radical (unpaired) electrons. The SMILES string of the molecule is CCCN(Cc1ccc(N)cc1)C(=O)c1ccncc1. The van der Waals surface area contributed by atoms with Gasteiger partial charge in [0.25, 0.3) is 5.91 Å². The standard InChI is InChI=1S/C16H19N3O/c1-2-11-19(12-13-3-5-15(17)6-4-13)16(20)14-7-9-18-10-8-14/h3-10H,2,11-12,17H2,1H3. The van der Waals surface area contributed by atoms with Crippen molar-refractivity contribution in [3.63, 3.8) is 0 Å². The first-order chi connectivity index (χ1) is 9.70. The van der Waals surface area contributed by atoms with Crippen molar-refractivity contribution in [1.82, 2.24) is 9.88 Å². The largest absolute Gasteiger partial charge is 0.399 e. The zero-order valence-corrected chi connectivity index (χ0v) is 11.6. The van der Waals surface area contributed by atoms with Crippen molar-refractivity contribution in [2.45, 2.75) is 19.9 Å². The van der Waals surface area contributed by atoms with E-state index in [1.165, 1.54) is 0 Å². The molecular weight excluding hydrogens is 250 g/mol. The summed E-state index contributed by atoms with van der Waals surface area (Å²) in [5.74, 6) is 0.0334. The Kier molecular flexibility index (Phi) is 4.71. The second kappa shape index (κ2) is 6.70. The van der Waals surface area contributed by atoms with E-state index in [1.807, 2.05) is 29.2 Å². The summed E-state index contributed by atoms with van der Waals surface area (Å²) < 4.78 is 0. The first-order valence-electron chi connectivity index (χ1n) is 6.74. The molecule has 0 fully saturated rings. The number of anilines is 1. The van der Waals surface area contributed by atoms with Gasteiger partial charge in [-0.25, -0.2) is 0 Å². The Balaban J connectivity index is 2.14. The van der Waals surface area contributed by atoms with Gasteiger partial charge in [-0.05, 0) is 36.2 Å². The second-order valence-electron chi connectivity index (χ2n) is 4.70. The Bertz CT molecular complexity index is 552. The molecule has 1 aromatic heterocycles. The molecule has 20 heavy (non-hydrogen) atoms. The molecule has 0 aliphatic carbocycles. The molecule has 2 N–H and O–H groups in total. The quantitative estimate of drug-likeness (QED) is 0.849. The van der Waals surface area contributed by atoms with Crippen LogP contribution in [-0.2, 0) is 6.54 Å². The summed E-state index contributed by atoms with van der Waals surface area (Å²) in [5.41, 5.74) is 8.16. The minimum absolute atomic E-state index is 0.0334. The number of aromatic nitrogens is 1. The van der Waals surface area contributed by atoms with Gasteiger partial charge in [-0.3, -0.25) is 9.78 Å². The summed E-state index contributed by atoms with van der Waals surface area (Å²) in [7, 11) is 0. The van der Waals surface area contributed by atoms with Crippen molar-refractivity contribution < 1.29 is 4.79 Å². The molecule has 0 atom stereocenters. The molecule has 0 aliphatic rings. The lowest BCUT2D eigenvalue weighted by atomic mass is 10.1. The molecule has 0 bridgehead atoms. The van der Waals surface area contributed by atoms with Gasteiger partial charge in [-0.2, -0.15) is 0 Å². The van der Waals surface area contributed by atoms with Crippen LogP contribution < -0.4 is 5.73 Å². The van der Waals surface area contributed by atoms with Gasteiger partial charge in [0, 0.05) is 36.7 Å². The van der Waals surface area contributed by atoms with Crippen LogP contribution in [0.5, 0.6) is 0 Å². The van der Waals surface area contributed by atoms with Gasteiger partial charge in [-0.15, -0.1) is 0 Å². The fourth-order valence-electron chi connectivity index (χ4n) is 2.04. The Morgan fingerprint density at radius 2 is 1.80 bits per heavy atom. The van der Waals surface area contributed by atoms with E-state index in [0.29, 0.717) is 12.1 Å². The van der Waals surface area contributed by atoms with Gasteiger partial charge >= 0.3 is 0 Å². The molecule has 1 heterocycles. The molecule has 0 spiro atoms. The highest BCUT2D eigenvalue weighted by Gasteiger charge is 2.15.